The molecule has 0 aromatic carbocycles. The monoisotopic (exact) mass is 225 g/mol. The maximum atomic E-state index is 12.4. The quantitative estimate of drug-likeness (QED) is 0.725. The van der Waals surface area contributed by atoms with Gasteiger partial charge in [0.25, 0.3) is 0 Å². The van der Waals surface area contributed by atoms with E-state index in [0.717, 1.165) is 16.3 Å². The zero-order valence-corrected chi connectivity index (χ0v) is 8.78. The summed E-state index contributed by atoms with van der Waals surface area (Å²) in [7, 11) is 0. The highest BCUT2D eigenvalue weighted by Gasteiger charge is 2.38. The lowest BCUT2D eigenvalue weighted by Crippen LogP contribution is -2.17. The molecule has 0 atom stereocenters. The normalized spacial score (nSPS) is 12.5. The van der Waals surface area contributed by atoms with Crippen LogP contribution >= 0.6 is 11.8 Å². The minimum Gasteiger partial charge on any atom is -0.296 e. The van der Waals surface area contributed by atoms with E-state index in [0.29, 0.717) is 0 Å². The lowest BCUT2D eigenvalue weighted by Gasteiger charge is -2.13. The summed E-state index contributed by atoms with van der Waals surface area (Å²) >= 11 is 1.15. The first kappa shape index (κ1) is 11.4. The Morgan fingerprint density at radius 3 is 2.21 bits per heavy atom. The van der Waals surface area contributed by atoms with Crippen molar-refractivity contribution in [2.45, 2.75) is 31.2 Å². The molecule has 0 saturated heterocycles. The topological polar surface area (TPSA) is 30.7 Å². The largest absolute Gasteiger partial charge is 0.451 e. The van der Waals surface area contributed by atoms with Gasteiger partial charge >= 0.3 is 6.18 Å². The van der Waals surface area contributed by atoms with Crippen LogP contribution in [0.25, 0.3) is 0 Å². The number of thioether (sulfide) groups is 1. The first-order valence-corrected chi connectivity index (χ1v) is 5.16. The number of aromatic nitrogens is 3. The zero-order chi connectivity index (χ0) is 10.9. The number of hydrogen-bond donors (Lipinski definition) is 0. The van der Waals surface area contributed by atoms with Gasteiger partial charge in [-0.25, -0.2) is 0 Å². The van der Waals surface area contributed by atoms with E-state index in [1.54, 1.807) is 20.1 Å². The van der Waals surface area contributed by atoms with Gasteiger partial charge < -0.3 is 0 Å². The summed E-state index contributed by atoms with van der Waals surface area (Å²) in [6.07, 6.45) is -2.77. The number of rotatable bonds is 2. The molecule has 1 rings (SSSR count). The minimum atomic E-state index is -4.44. The van der Waals surface area contributed by atoms with Crippen LogP contribution in [0.4, 0.5) is 13.2 Å². The Labute approximate surface area is 83.7 Å². The van der Waals surface area contributed by atoms with Crippen molar-refractivity contribution in [1.82, 2.24) is 14.8 Å². The Balaban J connectivity index is 3.25. The molecule has 0 N–H and O–H groups in total. The molecule has 0 bridgehead atoms. The lowest BCUT2D eigenvalue weighted by atomic mass is 10.4. The van der Waals surface area contributed by atoms with E-state index < -0.39 is 12.0 Å². The summed E-state index contributed by atoms with van der Waals surface area (Å²) < 4.78 is 38.4. The average Bonchev–Trinajstić information content (AvgIpc) is 2.45. The second-order valence-corrected chi connectivity index (χ2v) is 3.75. The molecule has 1 heterocycles. The smallest absolute Gasteiger partial charge is 0.296 e. The van der Waals surface area contributed by atoms with E-state index >= 15 is 0 Å². The molecule has 7 heteroatoms. The molecule has 0 fully saturated rings. The van der Waals surface area contributed by atoms with Crippen LogP contribution in [0.15, 0.2) is 5.16 Å². The molecule has 14 heavy (non-hydrogen) atoms. The van der Waals surface area contributed by atoms with Crippen LogP contribution in [0.3, 0.4) is 0 Å². The molecule has 0 aliphatic carbocycles. The molecule has 0 unspecified atom stereocenters. The number of alkyl halides is 3. The summed E-state index contributed by atoms with van der Waals surface area (Å²) in [5.41, 5.74) is 0. The lowest BCUT2D eigenvalue weighted by molar-refractivity contribution is -0.148. The molecule has 0 radical (unpaired) electrons. The predicted octanol–water partition coefficient (Wildman–Crippen LogP) is 2.60. The highest BCUT2D eigenvalue weighted by molar-refractivity contribution is 7.98. The summed E-state index contributed by atoms with van der Waals surface area (Å²) in [4.78, 5) is 0. The van der Waals surface area contributed by atoms with Crippen molar-refractivity contribution >= 4 is 11.8 Å². The first-order valence-electron chi connectivity index (χ1n) is 3.94. The molecule has 1 aromatic rings. The highest BCUT2D eigenvalue weighted by Crippen LogP contribution is 2.31. The van der Waals surface area contributed by atoms with Crippen LogP contribution in [0.2, 0.25) is 0 Å². The second-order valence-electron chi connectivity index (χ2n) is 2.97. The summed E-state index contributed by atoms with van der Waals surface area (Å²) in [5.74, 6) is -0.933. The minimum absolute atomic E-state index is 0.285. The Hall–Kier alpha value is -0.720. The summed E-state index contributed by atoms with van der Waals surface area (Å²) in [6, 6.07) is -0.302. The Morgan fingerprint density at radius 1 is 1.29 bits per heavy atom. The van der Waals surface area contributed by atoms with Crippen LogP contribution in [-0.4, -0.2) is 21.0 Å². The molecular weight excluding hydrogens is 215 g/mol. The molecule has 0 saturated carbocycles. The highest BCUT2D eigenvalue weighted by atomic mass is 32.2. The summed E-state index contributed by atoms with van der Waals surface area (Å²) in [5, 5.41) is 6.91. The Bertz CT molecular complexity index is 318. The first-order chi connectivity index (χ1) is 6.38. The Kier molecular flexibility index (Phi) is 3.08. The molecule has 3 nitrogen and oxygen atoms in total. The summed E-state index contributed by atoms with van der Waals surface area (Å²) in [6.45, 7) is 3.33. The third kappa shape index (κ3) is 2.02. The van der Waals surface area contributed by atoms with Gasteiger partial charge in [-0.3, -0.25) is 4.57 Å². The van der Waals surface area contributed by atoms with Gasteiger partial charge in [0.2, 0.25) is 5.82 Å². The zero-order valence-electron chi connectivity index (χ0n) is 7.96. The van der Waals surface area contributed by atoms with Crippen LogP contribution in [0.1, 0.15) is 25.7 Å². The molecule has 80 valence electrons. The van der Waals surface area contributed by atoms with E-state index in [-0.39, 0.29) is 11.2 Å². The van der Waals surface area contributed by atoms with E-state index in [2.05, 4.69) is 10.2 Å². The van der Waals surface area contributed by atoms with E-state index in [9.17, 15) is 13.2 Å². The average molecular weight is 225 g/mol. The van der Waals surface area contributed by atoms with Crippen molar-refractivity contribution < 1.29 is 13.2 Å². The fourth-order valence-electron chi connectivity index (χ4n) is 1.07. The van der Waals surface area contributed by atoms with Crippen molar-refractivity contribution in [1.29, 1.82) is 0 Å². The van der Waals surface area contributed by atoms with Crippen LogP contribution in [0.5, 0.6) is 0 Å². The SMILES string of the molecule is CSc1nnc(C(F)(F)F)n1C(C)C. The number of nitrogens with zero attached hydrogens (tertiary/aromatic N) is 3. The van der Waals surface area contributed by atoms with Crippen LogP contribution in [-0.2, 0) is 6.18 Å². The fraction of sp³-hybridized carbons (Fsp3) is 0.714. The van der Waals surface area contributed by atoms with Crippen molar-refractivity contribution in [2.24, 2.45) is 0 Å². The van der Waals surface area contributed by atoms with Gasteiger partial charge in [0.15, 0.2) is 5.16 Å². The Morgan fingerprint density at radius 2 is 1.86 bits per heavy atom. The van der Waals surface area contributed by atoms with Crippen LogP contribution < -0.4 is 0 Å². The third-order valence-corrected chi connectivity index (χ3v) is 2.26. The molecule has 0 aliphatic rings. The van der Waals surface area contributed by atoms with Gasteiger partial charge in [-0.2, -0.15) is 13.2 Å². The molecule has 1 aromatic heterocycles. The number of halogens is 3. The fourth-order valence-corrected chi connectivity index (χ4v) is 1.69. The molecule has 0 amide bonds. The van der Waals surface area contributed by atoms with Crippen LogP contribution in [0, 0.1) is 0 Å². The maximum Gasteiger partial charge on any atom is 0.451 e. The van der Waals surface area contributed by atoms with Crippen molar-refractivity contribution in [3.8, 4) is 0 Å². The molecule has 0 spiro atoms. The number of hydrogen-bond acceptors (Lipinski definition) is 3. The second kappa shape index (κ2) is 3.80. The van der Waals surface area contributed by atoms with E-state index in [1.807, 2.05) is 0 Å². The van der Waals surface area contributed by atoms with Gasteiger partial charge in [-0.05, 0) is 20.1 Å². The van der Waals surface area contributed by atoms with E-state index in [4.69, 9.17) is 0 Å². The van der Waals surface area contributed by atoms with Gasteiger partial charge in [-0.1, -0.05) is 11.8 Å². The predicted molar refractivity (Wildman–Crippen MR) is 47.2 cm³/mol. The van der Waals surface area contributed by atoms with E-state index in [1.165, 1.54) is 0 Å². The van der Waals surface area contributed by atoms with Crippen molar-refractivity contribution in [2.75, 3.05) is 6.26 Å². The van der Waals surface area contributed by atoms with Gasteiger partial charge in [0.1, 0.15) is 0 Å². The maximum absolute atomic E-state index is 12.4. The standard InChI is InChI=1S/C7H10F3N3S/c1-4(2)13-5(7(8,9)10)11-12-6(13)14-3/h4H,1-3H3. The van der Waals surface area contributed by atoms with Crippen molar-refractivity contribution in [3.05, 3.63) is 5.82 Å². The van der Waals surface area contributed by atoms with Crippen molar-refractivity contribution in [3.63, 3.8) is 0 Å². The van der Waals surface area contributed by atoms with Gasteiger partial charge in [-0.15, -0.1) is 10.2 Å². The van der Waals surface area contributed by atoms with Gasteiger partial charge in [0.05, 0.1) is 0 Å². The third-order valence-electron chi connectivity index (χ3n) is 1.62. The van der Waals surface area contributed by atoms with Gasteiger partial charge in [0, 0.05) is 6.04 Å². The molecular formula is C7H10F3N3S. The molecule has 0 aliphatic heterocycles.